The van der Waals surface area contributed by atoms with Crippen molar-refractivity contribution in [2.45, 2.75) is 13.0 Å². The molecule has 11 heteroatoms. The summed E-state index contributed by atoms with van der Waals surface area (Å²) in [5.74, 6) is -2.60. The van der Waals surface area contributed by atoms with Gasteiger partial charge in [0, 0.05) is 23.6 Å². The SMILES string of the molecule is CC(NC(=O)c1ccc(Nc2nc(N)c(C(=O)c3c(F)cccc3F)s2)cc1)c1ncc[nH]1. The number of nitrogen functional groups attached to an aromatic ring is 1. The van der Waals surface area contributed by atoms with Gasteiger partial charge in [0.1, 0.15) is 28.2 Å². The van der Waals surface area contributed by atoms with Crippen LogP contribution in [0.5, 0.6) is 0 Å². The highest BCUT2D eigenvalue weighted by molar-refractivity contribution is 7.18. The van der Waals surface area contributed by atoms with E-state index >= 15 is 0 Å². The molecule has 0 aliphatic heterocycles. The summed E-state index contributed by atoms with van der Waals surface area (Å²) in [6.45, 7) is 1.81. The first-order valence-electron chi connectivity index (χ1n) is 9.75. The number of hydrogen-bond acceptors (Lipinski definition) is 7. The van der Waals surface area contributed by atoms with Crippen molar-refractivity contribution < 1.29 is 18.4 Å². The maximum atomic E-state index is 14.0. The number of thiazole rings is 1. The van der Waals surface area contributed by atoms with E-state index in [0.29, 0.717) is 17.1 Å². The van der Waals surface area contributed by atoms with Crippen molar-refractivity contribution in [2.24, 2.45) is 0 Å². The Bertz CT molecular complexity index is 1280. The lowest BCUT2D eigenvalue weighted by Crippen LogP contribution is -2.27. The molecule has 4 rings (SSSR count). The van der Waals surface area contributed by atoms with Crippen LogP contribution in [0.15, 0.2) is 54.9 Å². The van der Waals surface area contributed by atoms with Gasteiger partial charge in [-0.05, 0) is 43.3 Å². The third-order valence-electron chi connectivity index (χ3n) is 4.72. The molecule has 168 valence electrons. The number of rotatable bonds is 7. The maximum Gasteiger partial charge on any atom is 0.251 e. The van der Waals surface area contributed by atoms with Crippen LogP contribution in [0.3, 0.4) is 0 Å². The number of imidazole rings is 1. The minimum Gasteiger partial charge on any atom is -0.382 e. The molecule has 5 N–H and O–H groups in total. The number of amides is 1. The van der Waals surface area contributed by atoms with E-state index in [0.717, 1.165) is 23.5 Å². The molecular formula is C22H18F2N6O2S. The third-order valence-corrected chi connectivity index (χ3v) is 5.71. The number of nitrogens with one attached hydrogen (secondary N) is 3. The Morgan fingerprint density at radius 2 is 1.82 bits per heavy atom. The Balaban J connectivity index is 1.46. The highest BCUT2D eigenvalue weighted by atomic mass is 32.1. The molecule has 1 atom stereocenters. The molecule has 0 fully saturated rings. The minimum atomic E-state index is -0.974. The quantitative estimate of drug-likeness (QED) is 0.301. The van der Waals surface area contributed by atoms with E-state index in [1.54, 1.807) is 36.7 Å². The van der Waals surface area contributed by atoms with Crippen LogP contribution in [0.4, 0.5) is 25.4 Å². The first-order chi connectivity index (χ1) is 15.8. The van der Waals surface area contributed by atoms with Crippen molar-refractivity contribution in [1.82, 2.24) is 20.3 Å². The van der Waals surface area contributed by atoms with Crippen LogP contribution < -0.4 is 16.4 Å². The lowest BCUT2D eigenvalue weighted by Gasteiger charge is -2.12. The summed E-state index contributed by atoms with van der Waals surface area (Å²) >= 11 is 0.872. The molecule has 0 aliphatic carbocycles. The Labute approximate surface area is 190 Å². The number of nitrogens with zero attached hydrogens (tertiary/aromatic N) is 2. The number of H-pyrrole nitrogens is 1. The molecule has 8 nitrogen and oxygen atoms in total. The fourth-order valence-electron chi connectivity index (χ4n) is 3.07. The lowest BCUT2D eigenvalue weighted by molar-refractivity contribution is 0.0937. The molecule has 2 heterocycles. The molecule has 0 aliphatic rings. The number of halogens is 2. The van der Waals surface area contributed by atoms with Crippen LogP contribution >= 0.6 is 11.3 Å². The molecule has 0 saturated heterocycles. The van der Waals surface area contributed by atoms with Gasteiger partial charge < -0.3 is 21.4 Å². The fourth-order valence-corrected chi connectivity index (χ4v) is 3.92. The highest BCUT2D eigenvalue weighted by Crippen LogP contribution is 2.31. The van der Waals surface area contributed by atoms with Gasteiger partial charge in [-0.3, -0.25) is 9.59 Å². The molecule has 0 saturated carbocycles. The van der Waals surface area contributed by atoms with Gasteiger partial charge in [-0.15, -0.1) is 0 Å². The van der Waals surface area contributed by atoms with E-state index in [-0.39, 0.29) is 27.8 Å². The third kappa shape index (κ3) is 4.72. The number of benzene rings is 2. The van der Waals surface area contributed by atoms with Gasteiger partial charge in [-0.2, -0.15) is 0 Å². The lowest BCUT2D eigenvalue weighted by atomic mass is 10.1. The van der Waals surface area contributed by atoms with Gasteiger partial charge in [0.15, 0.2) is 5.13 Å². The number of aromatic amines is 1. The second kappa shape index (κ2) is 9.17. The number of ketones is 1. The first kappa shape index (κ1) is 22.1. The largest absolute Gasteiger partial charge is 0.382 e. The predicted octanol–water partition coefficient (Wildman–Crippen LogP) is 4.19. The molecule has 2 aromatic carbocycles. The van der Waals surface area contributed by atoms with Crippen LogP contribution in [0.1, 0.15) is 44.4 Å². The van der Waals surface area contributed by atoms with E-state index in [1.807, 2.05) is 6.92 Å². The second-order valence-corrected chi connectivity index (χ2v) is 8.03. The van der Waals surface area contributed by atoms with Gasteiger partial charge in [-0.25, -0.2) is 18.7 Å². The average Bonchev–Trinajstić information content (AvgIpc) is 3.44. The summed E-state index contributed by atoms with van der Waals surface area (Å²) < 4.78 is 27.9. The van der Waals surface area contributed by atoms with E-state index in [4.69, 9.17) is 5.73 Å². The average molecular weight is 468 g/mol. The van der Waals surface area contributed by atoms with Crippen molar-refractivity contribution in [2.75, 3.05) is 11.1 Å². The predicted molar refractivity (Wildman–Crippen MR) is 121 cm³/mol. The summed E-state index contributed by atoms with van der Waals surface area (Å²) in [5.41, 5.74) is 6.15. The Kier molecular flexibility index (Phi) is 6.13. The smallest absolute Gasteiger partial charge is 0.251 e. The summed E-state index contributed by atoms with van der Waals surface area (Å²) in [6, 6.07) is 9.42. The second-order valence-electron chi connectivity index (χ2n) is 7.03. The van der Waals surface area contributed by atoms with Gasteiger partial charge in [-0.1, -0.05) is 17.4 Å². The Morgan fingerprint density at radius 3 is 2.45 bits per heavy atom. The Morgan fingerprint density at radius 1 is 1.12 bits per heavy atom. The number of nitrogens with two attached hydrogens (primary N) is 1. The van der Waals surface area contributed by atoms with Gasteiger partial charge in [0.25, 0.3) is 5.91 Å². The number of anilines is 3. The molecular weight excluding hydrogens is 450 g/mol. The highest BCUT2D eigenvalue weighted by Gasteiger charge is 2.24. The summed E-state index contributed by atoms with van der Waals surface area (Å²) in [4.78, 5) is 36.1. The van der Waals surface area contributed by atoms with Crippen LogP contribution in [0.2, 0.25) is 0 Å². The van der Waals surface area contributed by atoms with Crippen molar-refractivity contribution in [3.05, 3.63) is 88.3 Å². The molecule has 33 heavy (non-hydrogen) atoms. The van der Waals surface area contributed by atoms with Crippen molar-refractivity contribution >= 4 is 39.7 Å². The van der Waals surface area contributed by atoms with Crippen molar-refractivity contribution in [3.8, 4) is 0 Å². The molecule has 0 spiro atoms. The fraction of sp³-hybridized carbons (Fsp3) is 0.0909. The number of carbonyl (C=O) groups excluding carboxylic acids is 2. The van der Waals surface area contributed by atoms with E-state index in [2.05, 4.69) is 25.6 Å². The Hall–Kier alpha value is -4.12. The van der Waals surface area contributed by atoms with Gasteiger partial charge >= 0.3 is 0 Å². The molecule has 4 aromatic rings. The van der Waals surface area contributed by atoms with Crippen molar-refractivity contribution in [1.29, 1.82) is 0 Å². The van der Waals surface area contributed by atoms with Crippen LogP contribution in [-0.2, 0) is 0 Å². The number of aromatic nitrogens is 3. The zero-order valence-corrected chi connectivity index (χ0v) is 18.0. The zero-order valence-electron chi connectivity index (χ0n) is 17.2. The minimum absolute atomic E-state index is 0.0792. The van der Waals surface area contributed by atoms with Crippen LogP contribution in [-0.4, -0.2) is 26.6 Å². The topological polar surface area (TPSA) is 126 Å². The normalized spacial score (nSPS) is 11.7. The van der Waals surface area contributed by atoms with Crippen molar-refractivity contribution in [3.63, 3.8) is 0 Å². The first-order valence-corrected chi connectivity index (χ1v) is 10.6. The molecule has 1 unspecified atom stereocenters. The standard InChI is InChI=1S/C22H18F2N6O2S/c1-11(20-26-9-10-27-20)28-21(32)12-5-7-13(8-6-12)29-22-30-19(25)18(33-22)17(31)16-14(23)3-2-4-15(16)24/h2-11H,25H2,1H3,(H,26,27)(H,28,32)(H,29,30). The van der Waals surface area contributed by atoms with E-state index in [1.165, 1.54) is 6.07 Å². The molecule has 2 aromatic heterocycles. The van der Waals surface area contributed by atoms with E-state index in [9.17, 15) is 18.4 Å². The summed E-state index contributed by atoms with van der Waals surface area (Å²) in [7, 11) is 0. The van der Waals surface area contributed by atoms with Gasteiger partial charge in [0.05, 0.1) is 11.6 Å². The molecule has 0 bridgehead atoms. The number of carbonyl (C=O) groups is 2. The number of hydrogen-bond donors (Lipinski definition) is 4. The maximum absolute atomic E-state index is 14.0. The monoisotopic (exact) mass is 468 g/mol. The van der Waals surface area contributed by atoms with Gasteiger partial charge in [0.2, 0.25) is 5.78 Å². The summed E-state index contributed by atoms with van der Waals surface area (Å²) in [5, 5.41) is 6.07. The zero-order chi connectivity index (χ0) is 23.5. The summed E-state index contributed by atoms with van der Waals surface area (Å²) in [6.07, 6.45) is 3.28. The molecule has 0 radical (unpaired) electrons. The van der Waals surface area contributed by atoms with Crippen LogP contribution in [0.25, 0.3) is 0 Å². The van der Waals surface area contributed by atoms with E-state index < -0.39 is 23.0 Å². The molecule has 1 amide bonds. The van der Waals surface area contributed by atoms with Crippen LogP contribution in [0, 0.1) is 11.6 Å².